The predicted octanol–water partition coefficient (Wildman–Crippen LogP) is -0.324. The average molecular weight is 322 g/mol. The Bertz CT molecular complexity index is 613. The lowest BCUT2D eigenvalue weighted by molar-refractivity contribution is -0.241. The van der Waals surface area contributed by atoms with Crippen molar-refractivity contribution in [2.24, 2.45) is 0 Å². The van der Waals surface area contributed by atoms with Crippen LogP contribution >= 0.6 is 0 Å². The molecular weight excluding hydrogens is 304 g/mol. The Hall–Kier alpha value is -1.93. The first kappa shape index (κ1) is 17.4. The van der Waals surface area contributed by atoms with Crippen LogP contribution in [0, 0.1) is 0 Å². The molecule has 1 aromatic rings. The molecule has 1 aliphatic heterocycles. The maximum absolute atomic E-state index is 12.3. The van der Waals surface area contributed by atoms with Crippen molar-refractivity contribution in [2.45, 2.75) is 43.9 Å². The number of ketones is 3. The van der Waals surface area contributed by atoms with Gasteiger partial charge in [0.05, 0.1) is 0 Å². The summed E-state index contributed by atoms with van der Waals surface area (Å²) < 4.78 is 5.02. The number of hydrogen-bond donors (Lipinski definition) is 3. The van der Waals surface area contributed by atoms with Crippen molar-refractivity contribution in [1.82, 2.24) is 0 Å². The Balaban J connectivity index is 2.31. The van der Waals surface area contributed by atoms with Crippen LogP contribution in [0.2, 0.25) is 0 Å². The quantitative estimate of drug-likeness (QED) is 0.679. The number of benzene rings is 1. The summed E-state index contributed by atoms with van der Waals surface area (Å²) in [5, 5.41) is 30.7. The summed E-state index contributed by atoms with van der Waals surface area (Å²) in [6.45, 7) is 1.92. The Morgan fingerprint density at radius 1 is 1.13 bits per heavy atom. The van der Waals surface area contributed by atoms with E-state index >= 15 is 0 Å². The molecule has 2 unspecified atom stereocenters. The van der Waals surface area contributed by atoms with Crippen LogP contribution < -0.4 is 0 Å². The molecule has 0 bridgehead atoms. The van der Waals surface area contributed by atoms with Crippen LogP contribution in [0.3, 0.4) is 0 Å². The second kappa shape index (κ2) is 5.93. The molecular formula is C16H18O7. The topological polar surface area (TPSA) is 121 Å². The SMILES string of the molecule is CC(=O)C1(O)O[C@@H](C(=O)C(O)c2ccccc2)C[C@@]1(O)C(C)=O. The van der Waals surface area contributed by atoms with Gasteiger partial charge in [-0.2, -0.15) is 0 Å². The molecule has 1 aliphatic rings. The van der Waals surface area contributed by atoms with E-state index in [1.54, 1.807) is 18.2 Å². The fraction of sp³-hybridized carbons (Fsp3) is 0.438. The van der Waals surface area contributed by atoms with Gasteiger partial charge in [0, 0.05) is 13.3 Å². The number of carbonyl (C=O) groups excluding carboxylic acids is 3. The van der Waals surface area contributed by atoms with Crippen molar-refractivity contribution < 1.29 is 34.4 Å². The van der Waals surface area contributed by atoms with E-state index in [4.69, 9.17) is 4.74 Å². The summed E-state index contributed by atoms with van der Waals surface area (Å²) in [5.41, 5.74) is -2.24. The van der Waals surface area contributed by atoms with Gasteiger partial charge in [-0.25, -0.2) is 0 Å². The lowest BCUT2D eigenvalue weighted by Crippen LogP contribution is -2.59. The van der Waals surface area contributed by atoms with Crippen molar-refractivity contribution in [3.63, 3.8) is 0 Å². The van der Waals surface area contributed by atoms with Gasteiger partial charge >= 0.3 is 0 Å². The van der Waals surface area contributed by atoms with Gasteiger partial charge in [0.25, 0.3) is 5.79 Å². The minimum atomic E-state index is -2.81. The highest BCUT2D eigenvalue weighted by Crippen LogP contribution is 2.41. The lowest BCUT2D eigenvalue weighted by atomic mass is 9.84. The highest BCUT2D eigenvalue weighted by molar-refractivity contribution is 5.99. The predicted molar refractivity (Wildman–Crippen MR) is 77.2 cm³/mol. The van der Waals surface area contributed by atoms with Crippen LogP contribution in [-0.4, -0.2) is 50.2 Å². The van der Waals surface area contributed by atoms with E-state index in [1.807, 2.05) is 0 Å². The number of aliphatic hydroxyl groups excluding tert-OH is 1. The van der Waals surface area contributed by atoms with Crippen LogP contribution in [0.25, 0.3) is 0 Å². The summed E-state index contributed by atoms with van der Waals surface area (Å²) in [7, 11) is 0. The number of aliphatic hydroxyl groups is 3. The number of carbonyl (C=O) groups is 3. The van der Waals surface area contributed by atoms with Crippen LogP contribution in [0.5, 0.6) is 0 Å². The molecule has 0 amide bonds. The van der Waals surface area contributed by atoms with Gasteiger partial charge < -0.3 is 20.1 Å². The molecule has 4 atom stereocenters. The number of rotatable bonds is 5. The highest BCUT2D eigenvalue weighted by Gasteiger charge is 2.66. The first-order chi connectivity index (χ1) is 10.6. The highest BCUT2D eigenvalue weighted by atomic mass is 16.7. The summed E-state index contributed by atoms with van der Waals surface area (Å²) in [5.74, 6) is -5.57. The third-order valence-electron chi connectivity index (χ3n) is 4.12. The molecule has 23 heavy (non-hydrogen) atoms. The minimum Gasteiger partial charge on any atom is -0.380 e. The van der Waals surface area contributed by atoms with E-state index in [0.29, 0.717) is 5.56 Å². The van der Waals surface area contributed by atoms with E-state index in [1.165, 1.54) is 12.1 Å². The lowest BCUT2D eigenvalue weighted by Gasteiger charge is -2.31. The summed E-state index contributed by atoms with van der Waals surface area (Å²) in [4.78, 5) is 35.7. The average Bonchev–Trinajstić information content (AvgIpc) is 2.81. The standard InChI is InChI=1S/C16H18O7/c1-9(17)15(21)8-12(23-16(15,22)10(2)18)14(20)13(19)11-6-4-3-5-7-11/h3-7,12-13,19,21-22H,8H2,1-2H3/t12-,13?,15-,16?/m1/s1. The maximum atomic E-state index is 12.3. The number of hydrogen-bond acceptors (Lipinski definition) is 7. The van der Waals surface area contributed by atoms with Gasteiger partial charge in [0.15, 0.2) is 23.0 Å². The monoisotopic (exact) mass is 322 g/mol. The van der Waals surface area contributed by atoms with E-state index in [-0.39, 0.29) is 0 Å². The maximum Gasteiger partial charge on any atom is 0.264 e. The van der Waals surface area contributed by atoms with Crippen molar-refractivity contribution in [2.75, 3.05) is 0 Å². The van der Waals surface area contributed by atoms with Gasteiger partial charge in [0.2, 0.25) is 0 Å². The fourth-order valence-electron chi connectivity index (χ4n) is 2.64. The van der Waals surface area contributed by atoms with Crippen LogP contribution in [-0.2, 0) is 19.1 Å². The molecule has 1 fully saturated rings. The zero-order chi connectivity index (χ0) is 17.4. The van der Waals surface area contributed by atoms with E-state index < -0.39 is 47.4 Å². The fourth-order valence-corrected chi connectivity index (χ4v) is 2.64. The van der Waals surface area contributed by atoms with Gasteiger partial charge in [-0.3, -0.25) is 14.4 Å². The van der Waals surface area contributed by atoms with E-state index in [0.717, 1.165) is 13.8 Å². The molecule has 1 saturated heterocycles. The summed E-state index contributed by atoms with van der Waals surface area (Å²) in [6, 6.07) is 7.99. The zero-order valence-electron chi connectivity index (χ0n) is 12.7. The molecule has 0 saturated carbocycles. The van der Waals surface area contributed by atoms with Crippen LogP contribution in [0.4, 0.5) is 0 Å². The molecule has 0 spiro atoms. The number of Topliss-reactive ketones (excluding diaryl/α,β-unsaturated/α-hetero) is 3. The molecule has 3 N–H and O–H groups in total. The Kier molecular flexibility index (Phi) is 4.50. The Labute approximate surface area is 132 Å². The van der Waals surface area contributed by atoms with E-state index in [2.05, 4.69) is 0 Å². The molecule has 0 aromatic heterocycles. The summed E-state index contributed by atoms with van der Waals surface area (Å²) in [6.07, 6.45) is -3.67. The second-order valence-electron chi connectivity index (χ2n) is 5.64. The molecule has 1 aromatic carbocycles. The third kappa shape index (κ3) is 2.72. The molecule has 124 valence electrons. The molecule has 1 heterocycles. The van der Waals surface area contributed by atoms with Gasteiger partial charge in [-0.15, -0.1) is 0 Å². The van der Waals surface area contributed by atoms with Gasteiger partial charge in [-0.05, 0) is 12.5 Å². The normalized spacial score (nSPS) is 31.6. The first-order valence-corrected chi connectivity index (χ1v) is 7.05. The Morgan fingerprint density at radius 3 is 2.13 bits per heavy atom. The third-order valence-corrected chi connectivity index (χ3v) is 4.12. The first-order valence-electron chi connectivity index (χ1n) is 7.05. The smallest absolute Gasteiger partial charge is 0.264 e. The van der Waals surface area contributed by atoms with Crippen LogP contribution in [0.15, 0.2) is 30.3 Å². The van der Waals surface area contributed by atoms with E-state index in [9.17, 15) is 29.7 Å². The van der Waals surface area contributed by atoms with Crippen molar-refractivity contribution in [1.29, 1.82) is 0 Å². The molecule has 7 heteroatoms. The number of ether oxygens (including phenoxy) is 1. The molecule has 2 rings (SSSR count). The van der Waals surface area contributed by atoms with Crippen molar-refractivity contribution in [3.8, 4) is 0 Å². The van der Waals surface area contributed by atoms with Crippen LogP contribution in [0.1, 0.15) is 31.9 Å². The molecule has 7 nitrogen and oxygen atoms in total. The second-order valence-corrected chi connectivity index (χ2v) is 5.64. The zero-order valence-corrected chi connectivity index (χ0v) is 12.7. The molecule has 0 aliphatic carbocycles. The van der Waals surface area contributed by atoms with Gasteiger partial charge in [-0.1, -0.05) is 30.3 Å². The summed E-state index contributed by atoms with van der Waals surface area (Å²) >= 11 is 0. The largest absolute Gasteiger partial charge is 0.380 e. The van der Waals surface area contributed by atoms with Crippen molar-refractivity contribution in [3.05, 3.63) is 35.9 Å². The minimum absolute atomic E-state index is 0.297. The van der Waals surface area contributed by atoms with Crippen molar-refractivity contribution >= 4 is 17.3 Å². The Morgan fingerprint density at radius 2 is 1.70 bits per heavy atom. The van der Waals surface area contributed by atoms with Gasteiger partial charge in [0.1, 0.15) is 12.2 Å². The molecule has 0 radical (unpaired) electrons.